The second kappa shape index (κ2) is 6.33. The maximum atomic E-state index is 9.43. The van der Waals surface area contributed by atoms with E-state index in [4.69, 9.17) is 9.31 Å². The minimum Gasteiger partial charge on any atom is -0.399 e. The number of hydrogen-bond acceptors (Lipinski definition) is 3. The van der Waals surface area contributed by atoms with Crippen LogP contribution in [0.25, 0.3) is 11.1 Å². The van der Waals surface area contributed by atoms with Crippen molar-refractivity contribution in [3.8, 4) is 17.2 Å². The molecule has 2 aromatic rings. The molecule has 3 rings (SSSR count). The predicted molar refractivity (Wildman–Crippen MR) is 102 cm³/mol. The van der Waals surface area contributed by atoms with Crippen LogP contribution in [-0.2, 0) is 15.7 Å². The fraction of sp³-hybridized carbons (Fsp3) is 0.381. The van der Waals surface area contributed by atoms with Gasteiger partial charge in [-0.2, -0.15) is 5.26 Å². The number of hydrogen-bond donors (Lipinski definition) is 0. The minimum absolute atomic E-state index is 0.400. The Morgan fingerprint density at radius 1 is 0.920 bits per heavy atom. The van der Waals surface area contributed by atoms with Gasteiger partial charge in [0.1, 0.15) is 0 Å². The summed E-state index contributed by atoms with van der Waals surface area (Å²) in [6.07, 6.45) is 1.01. The third-order valence-corrected chi connectivity index (χ3v) is 5.31. The van der Waals surface area contributed by atoms with E-state index >= 15 is 0 Å². The van der Waals surface area contributed by atoms with Crippen molar-refractivity contribution in [2.45, 2.75) is 52.2 Å². The van der Waals surface area contributed by atoms with Gasteiger partial charge in [0.05, 0.1) is 22.8 Å². The van der Waals surface area contributed by atoms with Crippen LogP contribution in [0.4, 0.5) is 0 Å². The van der Waals surface area contributed by atoms with Crippen molar-refractivity contribution in [2.24, 2.45) is 0 Å². The van der Waals surface area contributed by atoms with E-state index in [1.165, 1.54) is 5.56 Å². The van der Waals surface area contributed by atoms with Gasteiger partial charge in [-0.15, -0.1) is 0 Å². The summed E-state index contributed by atoms with van der Waals surface area (Å²) in [6, 6.07) is 16.5. The van der Waals surface area contributed by atoms with Crippen molar-refractivity contribution in [3.63, 3.8) is 0 Å². The summed E-state index contributed by atoms with van der Waals surface area (Å²) in [5.74, 6) is 0. The molecule has 0 spiro atoms. The van der Waals surface area contributed by atoms with Gasteiger partial charge in [0, 0.05) is 0 Å². The first-order valence-electron chi connectivity index (χ1n) is 8.76. The van der Waals surface area contributed by atoms with Crippen LogP contribution in [0.2, 0.25) is 0 Å². The monoisotopic (exact) mass is 333 g/mol. The van der Waals surface area contributed by atoms with Crippen LogP contribution in [-0.4, -0.2) is 18.3 Å². The SMILES string of the molecule is CCc1ccc(-c2cc(C#N)cc(B3OC(C)(C)C(C)(C)O3)c2)cc1. The molecule has 2 aromatic carbocycles. The zero-order valence-corrected chi connectivity index (χ0v) is 15.6. The van der Waals surface area contributed by atoms with Gasteiger partial charge in [0.25, 0.3) is 0 Å². The zero-order chi connectivity index (χ0) is 18.2. The van der Waals surface area contributed by atoms with Crippen molar-refractivity contribution in [1.29, 1.82) is 5.26 Å². The Kier molecular flexibility index (Phi) is 4.49. The number of aryl methyl sites for hydroxylation is 1. The lowest BCUT2D eigenvalue weighted by atomic mass is 9.77. The molecule has 1 aliphatic rings. The fourth-order valence-corrected chi connectivity index (χ4v) is 2.93. The Morgan fingerprint density at radius 2 is 1.52 bits per heavy atom. The third-order valence-electron chi connectivity index (χ3n) is 5.31. The molecule has 0 amide bonds. The summed E-state index contributed by atoms with van der Waals surface area (Å²) >= 11 is 0. The van der Waals surface area contributed by atoms with Gasteiger partial charge < -0.3 is 9.31 Å². The van der Waals surface area contributed by atoms with Gasteiger partial charge in [-0.3, -0.25) is 0 Å². The molecule has 1 aliphatic heterocycles. The molecule has 0 aromatic heterocycles. The van der Waals surface area contributed by atoms with Gasteiger partial charge in [-0.25, -0.2) is 0 Å². The molecule has 0 radical (unpaired) electrons. The Morgan fingerprint density at radius 3 is 2.04 bits per heavy atom. The molecule has 0 saturated carbocycles. The van der Waals surface area contributed by atoms with Crippen molar-refractivity contribution in [1.82, 2.24) is 0 Å². The van der Waals surface area contributed by atoms with E-state index in [9.17, 15) is 5.26 Å². The Hall–Kier alpha value is -2.09. The smallest absolute Gasteiger partial charge is 0.399 e. The molecule has 1 heterocycles. The molecule has 0 unspecified atom stereocenters. The third kappa shape index (κ3) is 3.35. The van der Waals surface area contributed by atoms with E-state index < -0.39 is 18.3 Å². The topological polar surface area (TPSA) is 42.2 Å². The highest BCUT2D eigenvalue weighted by Gasteiger charge is 2.51. The second-order valence-electron chi connectivity index (χ2n) is 7.59. The first kappa shape index (κ1) is 17.7. The van der Waals surface area contributed by atoms with Gasteiger partial charge in [0.2, 0.25) is 0 Å². The average molecular weight is 333 g/mol. The molecular weight excluding hydrogens is 309 g/mol. The largest absolute Gasteiger partial charge is 0.494 e. The van der Waals surface area contributed by atoms with E-state index in [2.05, 4.69) is 43.3 Å². The lowest BCUT2D eigenvalue weighted by Gasteiger charge is -2.32. The number of benzene rings is 2. The van der Waals surface area contributed by atoms with Crippen molar-refractivity contribution in [3.05, 3.63) is 53.6 Å². The summed E-state index contributed by atoms with van der Waals surface area (Å²) in [4.78, 5) is 0. The van der Waals surface area contributed by atoms with E-state index in [0.717, 1.165) is 23.0 Å². The Bertz CT molecular complexity index is 803. The van der Waals surface area contributed by atoms with Crippen LogP contribution in [0.1, 0.15) is 45.7 Å². The molecule has 0 atom stereocenters. The van der Waals surface area contributed by atoms with Gasteiger partial charge in [0.15, 0.2) is 0 Å². The summed E-state index contributed by atoms with van der Waals surface area (Å²) in [7, 11) is -0.466. The second-order valence-corrected chi connectivity index (χ2v) is 7.59. The molecule has 128 valence electrons. The Labute approximate surface area is 150 Å². The molecule has 0 bridgehead atoms. The first-order chi connectivity index (χ1) is 11.8. The van der Waals surface area contributed by atoms with Crippen LogP contribution < -0.4 is 5.46 Å². The predicted octanol–water partition coefficient (Wildman–Crippen LogP) is 4.09. The van der Waals surface area contributed by atoms with Crippen LogP contribution in [0.5, 0.6) is 0 Å². The number of nitriles is 1. The highest BCUT2D eigenvalue weighted by molar-refractivity contribution is 6.62. The van der Waals surface area contributed by atoms with Crippen LogP contribution in [0.15, 0.2) is 42.5 Å². The van der Waals surface area contributed by atoms with Crippen molar-refractivity contribution in [2.75, 3.05) is 0 Å². The molecule has 4 heteroatoms. The first-order valence-corrected chi connectivity index (χ1v) is 8.76. The molecule has 1 saturated heterocycles. The van der Waals surface area contributed by atoms with Crippen LogP contribution in [0.3, 0.4) is 0 Å². The van der Waals surface area contributed by atoms with E-state index in [-0.39, 0.29) is 0 Å². The maximum absolute atomic E-state index is 9.43. The summed E-state index contributed by atoms with van der Waals surface area (Å²) in [5, 5.41) is 9.43. The molecule has 0 aliphatic carbocycles. The highest BCUT2D eigenvalue weighted by atomic mass is 16.7. The molecule has 3 nitrogen and oxygen atoms in total. The Balaban J connectivity index is 2.00. The van der Waals surface area contributed by atoms with Crippen molar-refractivity contribution < 1.29 is 9.31 Å². The maximum Gasteiger partial charge on any atom is 0.494 e. The minimum atomic E-state index is -0.466. The highest BCUT2D eigenvalue weighted by Crippen LogP contribution is 2.36. The summed E-state index contributed by atoms with van der Waals surface area (Å²) < 4.78 is 12.3. The number of nitrogens with zero attached hydrogens (tertiary/aromatic N) is 1. The van der Waals surface area contributed by atoms with E-state index in [1.807, 2.05) is 39.8 Å². The van der Waals surface area contributed by atoms with Gasteiger partial charge >= 0.3 is 7.12 Å². The van der Waals surface area contributed by atoms with Gasteiger partial charge in [-0.1, -0.05) is 37.3 Å². The van der Waals surface area contributed by atoms with Gasteiger partial charge in [-0.05, 0) is 68.4 Å². The van der Waals surface area contributed by atoms with E-state index in [1.54, 1.807) is 0 Å². The van der Waals surface area contributed by atoms with Crippen molar-refractivity contribution >= 4 is 12.6 Å². The van der Waals surface area contributed by atoms with Crippen LogP contribution >= 0.6 is 0 Å². The quantitative estimate of drug-likeness (QED) is 0.795. The average Bonchev–Trinajstić information content (AvgIpc) is 2.82. The fourth-order valence-electron chi connectivity index (χ4n) is 2.93. The van der Waals surface area contributed by atoms with E-state index in [0.29, 0.717) is 5.56 Å². The standard InChI is InChI=1S/C21H24BNO2/c1-6-15-7-9-17(10-8-15)18-11-16(14-23)12-19(13-18)22-24-20(2,3)21(4,5)25-22/h7-13H,6H2,1-5H3. The molecule has 1 fully saturated rings. The molecule has 25 heavy (non-hydrogen) atoms. The molecular formula is C21H24BNO2. The molecule has 0 N–H and O–H groups in total. The zero-order valence-electron chi connectivity index (χ0n) is 15.6. The summed E-state index contributed by atoms with van der Waals surface area (Å²) in [6.45, 7) is 10.3. The summed E-state index contributed by atoms with van der Waals surface area (Å²) in [5.41, 5.74) is 4.09. The number of rotatable bonds is 3. The lowest BCUT2D eigenvalue weighted by Crippen LogP contribution is -2.41. The lowest BCUT2D eigenvalue weighted by molar-refractivity contribution is 0.00578. The van der Waals surface area contributed by atoms with Crippen LogP contribution in [0, 0.1) is 11.3 Å². The normalized spacial score (nSPS) is 18.2.